The minimum absolute atomic E-state index is 0.0877. The molecule has 0 radical (unpaired) electrons. The molecule has 138 valence electrons. The third-order valence-electron chi connectivity index (χ3n) is 4.27. The highest BCUT2D eigenvalue weighted by Crippen LogP contribution is 2.19. The van der Waals surface area contributed by atoms with Crippen LogP contribution in [0.4, 0.5) is 11.5 Å². The lowest BCUT2D eigenvalue weighted by Gasteiger charge is -2.21. The minimum atomic E-state index is -2.99. The van der Waals surface area contributed by atoms with Gasteiger partial charge in [0.1, 0.15) is 17.3 Å². The van der Waals surface area contributed by atoms with Gasteiger partial charge in [-0.25, -0.2) is 18.4 Å². The number of rotatable bonds is 5. The van der Waals surface area contributed by atoms with E-state index in [1.165, 1.54) is 0 Å². The van der Waals surface area contributed by atoms with Crippen molar-refractivity contribution in [2.45, 2.75) is 26.3 Å². The fourth-order valence-electron chi connectivity index (χ4n) is 3.06. The van der Waals surface area contributed by atoms with Crippen LogP contribution in [0, 0.1) is 6.92 Å². The third-order valence-corrected chi connectivity index (χ3v) is 6.04. The van der Waals surface area contributed by atoms with Crippen LogP contribution in [-0.2, 0) is 9.84 Å². The number of benzene rings is 1. The Kier molecular flexibility index (Phi) is 5.22. The number of aryl methyl sites for hydroxylation is 1. The van der Waals surface area contributed by atoms with Crippen LogP contribution in [-0.4, -0.2) is 48.4 Å². The van der Waals surface area contributed by atoms with Gasteiger partial charge in [-0.1, -0.05) is 18.2 Å². The number of hydrogen-bond acceptors (Lipinski definition) is 6. The predicted octanol–water partition coefficient (Wildman–Crippen LogP) is 2.05. The van der Waals surface area contributed by atoms with E-state index >= 15 is 0 Å². The van der Waals surface area contributed by atoms with Gasteiger partial charge in [0.2, 0.25) is 0 Å². The van der Waals surface area contributed by atoms with E-state index < -0.39 is 9.84 Å². The normalized spacial score (nSPS) is 18.5. The lowest BCUT2D eigenvalue weighted by Crippen LogP contribution is -2.32. The zero-order valence-corrected chi connectivity index (χ0v) is 15.7. The Labute approximate surface area is 153 Å². The lowest BCUT2D eigenvalue weighted by molar-refractivity contribution is 0.0983. The summed E-state index contributed by atoms with van der Waals surface area (Å²) >= 11 is 0. The van der Waals surface area contributed by atoms with E-state index in [0.717, 1.165) is 5.69 Å². The molecule has 3 rings (SSSR count). The van der Waals surface area contributed by atoms with Crippen LogP contribution in [0.25, 0.3) is 0 Å². The van der Waals surface area contributed by atoms with E-state index in [2.05, 4.69) is 15.3 Å². The Morgan fingerprint density at radius 3 is 2.62 bits per heavy atom. The third kappa shape index (κ3) is 4.19. The first kappa shape index (κ1) is 18.3. The summed E-state index contributed by atoms with van der Waals surface area (Å²) in [5, 5.41) is 3.13. The number of para-hydroxylation sites is 1. The second kappa shape index (κ2) is 7.41. The number of carbonyl (C=O) groups excluding carboxylic acids is 1. The molecular formula is C18H22N4O3S. The van der Waals surface area contributed by atoms with Crippen LogP contribution in [0.1, 0.15) is 29.7 Å². The summed E-state index contributed by atoms with van der Waals surface area (Å²) in [6.45, 7) is 4.13. The molecule has 7 nitrogen and oxygen atoms in total. The fraction of sp³-hybridized carbons (Fsp3) is 0.389. The molecule has 2 aromatic rings. The average Bonchev–Trinajstić information content (AvgIpc) is 2.94. The van der Waals surface area contributed by atoms with E-state index in [1.54, 1.807) is 17.9 Å². The molecule has 1 unspecified atom stereocenters. The zero-order valence-electron chi connectivity index (χ0n) is 14.8. The van der Waals surface area contributed by atoms with Crippen LogP contribution < -0.4 is 10.2 Å². The fourth-order valence-corrected chi connectivity index (χ4v) is 4.73. The highest BCUT2D eigenvalue weighted by Gasteiger charge is 2.28. The van der Waals surface area contributed by atoms with Gasteiger partial charge in [0.05, 0.1) is 11.5 Å². The van der Waals surface area contributed by atoms with Gasteiger partial charge in [-0.3, -0.25) is 4.79 Å². The molecule has 1 saturated heterocycles. The second-order valence-corrected chi connectivity index (χ2v) is 8.54. The van der Waals surface area contributed by atoms with Gasteiger partial charge >= 0.3 is 0 Å². The maximum Gasteiger partial charge on any atom is 0.277 e. The van der Waals surface area contributed by atoms with Crippen LogP contribution in [0.5, 0.6) is 0 Å². The van der Waals surface area contributed by atoms with E-state index in [1.807, 2.05) is 37.3 Å². The van der Waals surface area contributed by atoms with Crippen LogP contribution in [0.2, 0.25) is 0 Å². The van der Waals surface area contributed by atoms with Crippen molar-refractivity contribution in [2.24, 2.45) is 0 Å². The number of anilines is 2. The summed E-state index contributed by atoms with van der Waals surface area (Å²) in [7, 11) is -2.99. The first-order valence-electron chi connectivity index (χ1n) is 8.57. The summed E-state index contributed by atoms with van der Waals surface area (Å²) in [5.41, 5.74) is 1.08. The molecule has 0 bridgehead atoms. The quantitative estimate of drug-likeness (QED) is 0.861. The van der Waals surface area contributed by atoms with Crippen LogP contribution >= 0.6 is 0 Å². The van der Waals surface area contributed by atoms with Crippen molar-refractivity contribution in [1.82, 2.24) is 9.97 Å². The number of hydrogen-bond donors (Lipinski definition) is 1. The van der Waals surface area contributed by atoms with Crippen molar-refractivity contribution in [3.05, 3.63) is 47.9 Å². The molecule has 1 amide bonds. The molecule has 1 atom stereocenters. The maximum absolute atomic E-state index is 12.9. The molecule has 2 heterocycles. The highest BCUT2D eigenvalue weighted by atomic mass is 32.2. The van der Waals surface area contributed by atoms with Gasteiger partial charge in [0.15, 0.2) is 9.84 Å². The molecule has 26 heavy (non-hydrogen) atoms. The first-order valence-corrected chi connectivity index (χ1v) is 10.4. The van der Waals surface area contributed by atoms with Crippen LogP contribution in [0.15, 0.2) is 36.4 Å². The van der Waals surface area contributed by atoms with E-state index in [0.29, 0.717) is 24.6 Å². The maximum atomic E-state index is 12.9. The van der Waals surface area contributed by atoms with Gasteiger partial charge in [0.25, 0.3) is 5.91 Å². The Bertz CT molecular complexity index is 900. The number of nitrogens with zero attached hydrogens (tertiary/aromatic N) is 3. The highest BCUT2D eigenvalue weighted by molar-refractivity contribution is 7.91. The molecule has 1 N–H and O–H groups in total. The molecule has 0 spiro atoms. The summed E-state index contributed by atoms with van der Waals surface area (Å²) in [4.78, 5) is 23.1. The molecule has 8 heteroatoms. The van der Waals surface area contributed by atoms with Crippen molar-refractivity contribution in [3.63, 3.8) is 0 Å². The summed E-state index contributed by atoms with van der Waals surface area (Å²) in [6.07, 6.45) is 0.541. The number of amides is 1. The predicted molar refractivity (Wildman–Crippen MR) is 101 cm³/mol. The Morgan fingerprint density at radius 2 is 2.00 bits per heavy atom. The van der Waals surface area contributed by atoms with Crippen LogP contribution in [0.3, 0.4) is 0 Å². The molecule has 1 aromatic heterocycles. The summed E-state index contributed by atoms with van der Waals surface area (Å²) in [6, 6.07) is 10.8. The Morgan fingerprint density at radius 1 is 1.27 bits per heavy atom. The number of aromatic nitrogens is 2. The Hall–Kier alpha value is -2.48. The van der Waals surface area contributed by atoms with Crippen molar-refractivity contribution >= 4 is 27.2 Å². The van der Waals surface area contributed by atoms with Crippen molar-refractivity contribution in [3.8, 4) is 0 Å². The van der Waals surface area contributed by atoms with Crippen molar-refractivity contribution in [1.29, 1.82) is 0 Å². The monoisotopic (exact) mass is 374 g/mol. The standard InChI is InChI=1S/C18H22N4O3S/c1-3-22(15-7-5-4-6-8-15)18(23)16-11-17(20-13(2)19-16)21-14-9-10-26(24,25)12-14/h4-8,11,14H,3,9-10,12H2,1-2H3,(H,19,20,21). The number of carbonyl (C=O) groups is 1. The first-order chi connectivity index (χ1) is 12.4. The molecule has 0 saturated carbocycles. The number of sulfone groups is 1. The summed E-state index contributed by atoms with van der Waals surface area (Å²) in [5.74, 6) is 0.990. The Balaban J connectivity index is 1.83. The largest absolute Gasteiger partial charge is 0.366 e. The van der Waals surface area contributed by atoms with E-state index in [9.17, 15) is 13.2 Å². The average molecular weight is 374 g/mol. The van der Waals surface area contributed by atoms with Gasteiger partial charge < -0.3 is 10.2 Å². The van der Waals surface area contributed by atoms with E-state index in [-0.39, 0.29) is 29.1 Å². The zero-order chi connectivity index (χ0) is 18.7. The van der Waals surface area contributed by atoms with Gasteiger partial charge in [-0.05, 0) is 32.4 Å². The second-order valence-electron chi connectivity index (χ2n) is 6.31. The van der Waals surface area contributed by atoms with Crippen molar-refractivity contribution in [2.75, 3.05) is 28.3 Å². The smallest absolute Gasteiger partial charge is 0.277 e. The van der Waals surface area contributed by atoms with Gasteiger partial charge in [-0.2, -0.15) is 0 Å². The minimum Gasteiger partial charge on any atom is -0.366 e. The SMILES string of the molecule is CCN(C(=O)c1cc(NC2CCS(=O)(=O)C2)nc(C)n1)c1ccccc1. The molecule has 0 aliphatic carbocycles. The van der Waals surface area contributed by atoms with E-state index in [4.69, 9.17) is 0 Å². The number of nitrogens with one attached hydrogen (secondary N) is 1. The summed E-state index contributed by atoms with van der Waals surface area (Å²) < 4.78 is 23.2. The van der Waals surface area contributed by atoms with Gasteiger partial charge in [-0.15, -0.1) is 0 Å². The molecule has 1 aliphatic rings. The molecule has 1 fully saturated rings. The van der Waals surface area contributed by atoms with Gasteiger partial charge in [0, 0.05) is 24.3 Å². The lowest BCUT2D eigenvalue weighted by atomic mass is 10.2. The molecular weight excluding hydrogens is 352 g/mol. The molecule has 1 aliphatic heterocycles. The molecule has 1 aromatic carbocycles. The topological polar surface area (TPSA) is 92.3 Å². The van der Waals surface area contributed by atoms with Crippen molar-refractivity contribution < 1.29 is 13.2 Å².